The van der Waals surface area contributed by atoms with Crippen LogP contribution in [-0.4, -0.2) is 29.9 Å². The SMILES string of the molecule is O=C(CCc1ccccc1OC(F)(F)F)NCCc1ccc(C(=O)O)cc1. The first-order valence-corrected chi connectivity index (χ1v) is 8.17. The zero-order chi connectivity index (χ0) is 19.9. The molecule has 0 bridgehead atoms. The van der Waals surface area contributed by atoms with E-state index in [2.05, 4.69) is 10.1 Å². The number of benzene rings is 2. The number of hydrogen-bond acceptors (Lipinski definition) is 3. The summed E-state index contributed by atoms with van der Waals surface area (Å²) in [7, 11) is 0. The molecule has 144 valence electrons. The van der Waals surface area contributed by atoms with E-state index in [4.69, 9.17) is 5.11 Å². The molecule has 0 aliphatic carbocycles. The number of carboxylic acids is 1. The largest absolute Gasteiger partial charge is 0.573 e. The molecule has 0 unspecified atom stereocenters. The van der Waals surface area contributed by atoms with Gasteiger partial charge in [0.05, 0.1) is 5.56 Å². The van der Waals surface area contributed by atoms with Crippen molar-refractivity contribution in [3.05, 3.63) is 65.2 Å². The van der Waals surface area contributed by atoms with Crippen molar-refractivity contribution in [1.82, 2.24) is 5.32 Å². The summed E-state index contributed by atoms with van der Waals surface area (Å²) in [5, 5.41) is 11.5. The molecule has 0 aliphatic heterocycles. The number of halogens is 3. The number of rotatable bonds is 8. The zero-order valence-electron chi connectivity index (χ0n) is 14.3. The lowest BCUT2D eigenvalue weighted by Gasteiger charge is -2.13. The summed E-state index contributed by atoms with van der Waals surface area (Å²) in [4.78, 5) is 22.7. The maximum Gasteiger partial charge on any atom is 0.573 e. The van der Waals surface area contributed by atoms with Gasteiger partial charge in [-0.25, -0.2) is 4.79 Å². The molecule has 0 aromatic heterocycles. The van der Waals surface area contributed by atoms with Crippen LogP contribution in [0.2, 0.25) is 0 Å². The predicted molar refractivity (Wildman–Crippen MR) is 91.6 cm³/mol. The Labute approximate surface area is 153 Å². The summed E-state index contributed by atoms with van der Waals surface area (Å²) >= 11 is 0. The standard InChI is InChI=1S/C19H18F3NO4/c20-19(21,22)27-16-4-2-1-3-14(16)9-10-17(24)23-12-11-13-5-7-15(8-6-13)18(25)26/h1-8H,9-12H2,(H,23,24)(H,25,26). The molecule has 2 N–H and O–H groups in total. The molecule has 0 heterocycles. The highest BCUT2D eigenvalue weighted by Crippen LogP contribution is 2.26. The van der Waals surface area contributed by atoms with E-state index in [1.807, 2.05) is 0 Å². The molecule has 5 nitrogen and oxygen atoms in total. The van der Waals surface area contributed by atoms with E-state index in [0.29, 0.717) is 18.5 Å². The average Bonchev–Trinajstić information content (AvgIpc) is 2.60. The second-order valence-corrected chi connectivity index (χ2v) is 5.76. The minimum Gasteiger partial charge on any atom is -0.478 e. The van der Waals surface area contributed by atoms with Crippen molar-refractivity contribution in [2.45, 2.75) is 25.6 Å². The van der Waals surface area contributed by atoms with E-state index >= 15 is 0 Å². The van der Waals surface area contributed by atoms with Gasteiger partial charge in [-0.3, -0.25) is 4.79 Å². The number of ether oxygens (including phenoxy) is 1. The molecule has 2 aromatic rings. The Hall–Kier alpha value is -3.03. The summed E-state index contributed by atoms with van der Waals surface area (Å²) in [5.74, 6) is -1.61. The number of alkyl halides is 3. The number of para-hydroxylation sites is 1. The molecular weight excluding hydrogens is 363 g/mol. The molecule has 1 amide bonds. The van der Waals surface area contributed by atoms with Crippen molar-refractivity contribution < 1.29 is 32.6 Å². The van der Waals surface area contributed by atoms with Gasteiger partial charge in [0.2, 0.25) is 5.91 Å². The van der Waals surface area contributed by atoms with E-state index in [9.17, 15) is 22.8 Å². The maximum absolute atomic E-state index is 12.4. The third-order valence-electron chi connectivity index (χ3n) is 3.76. The van der Waals surface area contributed by atoms with Crippen molar-refractivity contribution in [1.29, 1.82) is 0 Å². The second-order valence-electron chi connectivity index (χ2n) is 5.76. The van der Waals surface area contributed by atoms with Gasteiger partial charge in [-0.15, -0.1) is 13.2 Å². The molecule has 0 fully saturated rings. The van der Waals surface area contributed by atoms with Crippen LogP contribution in [0.4, 0.5) is 13.2 Å². The van der Waals surface area contributed by atoms with E-state index in [1.54, 1.807) is 18.2 Å². The minimum absolute atomic E-state index is 0.0240. The maximum atomic E-state index is 12.4. The van der Waals surface area contributed by atoms with E-state index in [0.717, 1.165) is 5.56 Å². The first kappa shape index (κ1) is 20.3. The molecule has 0 saturated carbocycles. The monoisotopic (exact) mass is 381 g/mol. The van der Waals surface area contributed by atoms with Gasteiger partial charge in [0.1, 0.15) is 5.75 Å². The van der Waals surface area contributed by atoms with Gasteiger partial charge >= 0.3 is 12.3 Å². The molecule has 0 spiro atoms. The summed E-state index contributed by atoms with van der Waals surface area (Å²) in [6.07, 6.45) is -4.13. The van der Waals surface area contributed by atoms with Crippen molar-refractivity contribution in [2.24, 2.45) is 0 Å². The molecule has 2 rings (SSSR count). The third-order valence-corrected chi connectivity index (χ3v) is 3.76. The highest BCUT2D eigenvalue weighted by atomic mass is 19.4. The van der Waals surface area contributed by atoms with Gasteiger partial charge in [0.25, 0.3) is 0 Å². The first-order chi connectivity index (χ1) is 12.7. The van der Waals surface area contributed by atoms with Gasteiger partial charge < -0.3 is 15.2 Å². The van der Waals surface area contributed by atoms with E-state index in [1.165, 1.54) is 30.3 Å². The highest BCUT2D eigenvalue weighted by molar-refractivity contribution is 5.87. The summed E-state index contributed by atoms with van der Waals surface area (Å²) in [6.45, 7) is 0.339. The van der Waals surface area contributed by atoms with Gasteiger partial charge in [-0.2, -0.15) is 0 Å². The zero-order valence-corrected chi connectivity index (χ0v) is 14.3. The van der Waals surface area contributed by atoms with Crippen molar-refractivity contribution in [3.63, 3.8) is 0 Å². The number of amides is 1. The van der Waals surface area contributed by atoms with E-state index in [-0.39, 0.29) is 30.1 Å². The number of hydrogen-bond donors (Lipinski definition) is 2. The van der Waals surface area contributed by atoms with Crippen LogP contribution in [0, 0.1) is 0 Å². The number of nitrogens with one attached hydrogen (secondary N) is 1. The number of aryl methyl sites for hydroxylation is 1. The number of aromatic carboxylic acids is 1. The van der Waals surface area contributed by atoms with Crippen LogP contribution in [0.1, 0.15) is 27.9 Å². The van der Waals surface area contributed by atoms with Gasteiger partial charge in [0.15, 0.2) is 0 Å². The van der Waals surface area contributed by atoms with Crippen LogP contribution in [0.15, 0.2) is 48.5 Å². The highest BCUT2D eigenvalue weighted by Gasteiger charge is 2.31. The normalized spacial score (nSPS) is 11.1. The Morgan fingerprint density at radius 2 is 1.67 bits per heavy atom. The Morgan fingerprint density at radius 1 is 1.00 bits per heavy atom. The summed E-state index contributed by atoms with van der Waals surface area (Å²) in [6, 6.07) is 12.0. The van der Waals surface area contributed by atoms with Crippen molar-refractivity contribution in [2.75, 3.05) is 6.54 Å². The molecule has 2 aromatic carbocycles. The third kappa shape index (κ3) is 7.01. The fourth-order valence-electron chi connectivity index (χ4n) is 2.43. The van der Waals surface area contributed by atoms with Gasteiger partial charge in [0, 0.05) is 13.0 Å². The number of carboxylic acid groups (broad SMARTS) is 1. The Kier molecular flexibility index (Phi) is 6.81. The fourth-order valence-corrected chi connectivity index (χ4v) is 2.43. The Balaban J connectivity index is 1.79. The van der Waals surface area contributed by atoms with Crippen LogP contribution in [0.5, 0.6) is 5.75 Å². The molecule has 0 saturated heterocycles. The topological polar surface area (TPSA) is 75.6 Å². The van der Waals surface area contributed by atoms with Crippen LogP contribution >= 0.6 is 0 Å². The van der Waals surface area contributed by atoms with Crippen LogP contribution in [0.25, 0.3) is 0 Å². The van der Waals surface area contributed by atoms with Crippen LogP contribution in [-0.2, 0) is 17.6 Å². The van der Waals surface area contributed by atoms with Crippen molar-refractivity contribution in [3.8, 4) is 5.75 Å². The van der Waals surface area contributed by atoms with Gasteiger partial charge in [-0.1, -0.05) is 30.3 Å². The summed E-state index contributed by atoms with van der Waals surface area (Å²) in [5.41, 5.74) is 1.35. The first-order valence-electron chi connectivity index (χ1n) is 8.17. The molecule has 0 atom stereocenters. The van der Waals surface area contributed by atoms with E-state index < -0.39 is 12.3 Å². The second kappa shape index (κ2) is 9.07. The van der Waals surface area contributed by atoms with Crippen LogP contribution in [0.3, 0.4) is 0 Å². The lowest BCUT2D eigenvalue weighted by atomic mass is 10.1. The average molecular weight is 381 g/mol. The minimum atomic E-state index is -4.78. The lowest BCUT2D eigenvalue weighted by molar-refractivity contribution is -0.274. The molecule has 27 heavy (non-hydrogen) atoms. The number of carbonyl (C=O) groups is 2. The fraction of sp³-hybridized carbons (Fsp3) is 0.263. The Morgan fingerprint density at radius 3 is 2.30 bits per heavy atom. The Bertz CT molecular complexity index is 788. The van der Waals surface area contributed by atoms with Crippen molar-refractivity contribution >= 4 is 11.9 Å². The molecule has 0 radical (unpaired) electrons. The summed E-state index contributed by atoms with van der Waals surface area (Å²) < 4.78 is 41.1. The molecular formula is C19H18F3NO4. The van der Waals surface area contributed by atoms with Crippen LogP contribution < -0.4 is 10.1 Å². The molecule has 8 heteroatoms. The van der Waals surface area contributed by atoms with Gasteiger partial charge in [-0.05, 0) is 42.2 Å². The quantitative estimate of drug-likeness (QED) is 0.733. The smallest absolute Gasteiger partial charge is 0.478 e. The number of carbonyl (C=O) groups excluding carboxylic acids is 1. The lowest BCUT2D eigenvalue weighted by Crippen LogP contribution is -2.26. The predicted octanol–water partition coefficient (Wildman–Crippen LogP) is 3.57. The molecule has 0 aliphatic rings.